The molecule has 0 bridgehead atoms. The van der Waals surface area contributed by atoms with Crippen molar-refractivity contribution in [3.05, 3.63) is 35.1 Å². The highest BCUT2D eigenvalue weighted by molar-refractivity contribution is 5.21. The first-order valence-corrected chi connectivity index (χ1v) is 4.32. The molecule has 78 valence electrons. The summed E-state index contributed by atoms with van der Waals surface area (Å²) in [6.45, 7) is 1.51. The van der Waals surface area contributed by atoms with E-state index in [0.717, 1.165) is 12.1 Å². The zero-order valence-electron chi connectivity index (χ0n) is 7.73. The van der Waals surface area contributed by atoms with E-state index in [2.05, 4.69) is 0 Å². The topological polar surface area (TPSA) is 20.2 Å². The lowest BCUT2D eigenvalue weighted by Gasteiger charge is -2.06. The first-order valence-electron chi connectivity index (χ1n) is 4.32. The predicted octanol–water partition coefficient (Wildman–Crippen LogP) is 2.42. The maximum atomic E-state index is 13.0. The summed E-state index contributed by atoms with van der Waals surface area (Å²) < 4.78 is 38.7. The van der Waals surface area contributed by atoms with Gasteiger partial charge in [-0.3, -0.25) is 0 Å². The molecule has 0 fully saturated rings. The molecule has 0 aliphatic heterocycles. The minimum absolute atomic E-state index is 0.00685. The van der Waals surface area contributed by atoms with Gasteiger partial charge in [-0.15, -0.1) is 0 Å². The number of aliphatic hydroxyl groups is 1. The third-order valence-corrected chi connectivity index (χ3v) is 1.95. The second-order valence-electron chi connectivity index (χ2n) is 3.21. The van der Waals surface area contributed by atoms with Crippen LogP contribution in [0.25, 0.3) is 0 Å². The summed E-state index contributed by atoms with van der Waals surface area (Å²) in [5, 5.41) is 8.93. The Hall–Kier alpha value is -1.03. The van der Waals surface area contributed by atoms with Gasteiger partial charge >= 0.3 is 0 Å². The molecule has 1 aromatic carbocycles. The molecule has 1 atom stereocenters. The molecule has 0 aliphatic rings. The monoisotopic (exact) mass is 204 g/mol. The van der Waals surface area contributed by atoms with Crippen LogP contribution in [0.1, 0.15) is 18.9 Å². The van der Waals surface area contributed by atoms with E-state index in [4.69, 9.17) is 5.11 Å². The van der Waals surface area contributed by atoms with Crippen molar-refractivity contribution in [2.24, 2.45) is 0 Å². The molecule has 1 rings (SSSR count). The number of hydrogen-bond acceptors (Lipinski definition) is 1. The van der Waals surface area contributed by atoms with Crippen LogP contribution in [0.3, 0.4) is 0 Å². The van der Waals surface area contributed by atoms with Crippen molar-refractivity contribution >= 4 is 0 Å². The number of hydrogen-bond donors (Lipinski definition) is 1. The van der Waals surface area contributed by atoms with Gasteiger partial charge in [-0.05, 0) is 31.9 Å². The molecule has 1 unspecified atom stereocenters. The van der Waals surface area contributed by atoms with Gasteiger partial charge in [0, 0.05) is 5.56 Å². The molecule has 4 heteroatoms. The van der Waals surface area contributed by atoms with E-state index < -0.39 is 23.6 Å². The van der Waals surface area contributed by atoms with Crippen molar-refractivity contribution in [3.63, 3.8) is 0 Å². The van der Waals surface area contributed by atoms with Crippen LogP contribution >= 0.6 is 0 Å². The fraction of sp³-hybridized carbons (Fsp3) is 0.400. The lowest BCUT2D eigenvalue weighted by atomic mass is 10.1. The first kappa shape index (κ1) is 11.0. The van der Waals surface area contributed by atoms with Crippen LogP contribution in [0.2, 0.25) is 0 Å². The van der Waals surface area contributed by atoms with Gasteiger partial charge in [0.2, 0.25) is 0 Å². The molecule has 0 aromatic heterocycles. The van der Waals surface area contributed by atoms with Gasteiger partial charge in [0.05, 0.1) is 6.10 Å². The summed E-state index contributed by atoms with van der Waals surface area (Å²) in [7, 11) is 0. The zero-order valence-corrected chi connectivity index (χ0v) is 7.73. The van der Waals surface area contributed by atoms with Crippen molar-refractivity contribution in [3.8, 4) is 0 Å². The Morgan fingerprint density at radius 2 is 1.79 bits per heavy atom. The molecule has 0 amide bonds. The van der Waals surface area contributed by atoms with Crippen LogP contribution in [0.4, 0.5) is 13.2 Å². The SMILES string of the molecule is CC(O)CCc1c(F)ccc(F)c1F. The minimum atomic E-state index is -1.16. The Bertz CT molecular complexity index is 323. The molecule has 0 radical (unpaired) electrons. The smallest absolute Gasteiger partial charge is 0.164 e. The maximum absolute atomic E-state index is 13.0. The molecule has 0 saturated carbocycles. The summed E-state index contributed by atoms with van der Waals surface area (Å²) in [6, 6.07) is 1.63. The molecule has 1 nitrogen and oxygen atoms in total. The van der Waals surface area contributed by atoms with Crippen LogP contribution in [0, 0.1) is 17.5 Å². The van der Waals surface area contributed by atoms with Crippen LogP contribution < -0.4 is 0 Å². The van der Waals surface area contributed by atoms with Gasteiger partial charge in [0.15, 0.2) is 11.6 Å². The van der Waals surface area contributed by atoms with Gasteiger partial charge in [-0.2, -0.15) is 0 Å². The third-order valence-electron chi connectivity index (χ3n) is 1.95. The number of aliphatic hydroxyl groups excluding tert-OH is 1. The number of halogens is 3. The van der Waals surface area contributed by atoms with Gasteiger partial charge in [-0.25, -0.2) is 13.2 Å². The summed E-state index contributed by atoms with van der Waals surface area (Å²) in [5.74, 6) is -3.00. The van der Waals surface area contributed by atoms with E-state index in [1.54, 1.807) is 0 Å². The average molecular weight is 204 g/mol. The Labute approximate surface area is 80.2 Å². The molecule has 0 saturated heterocycles. The zero-order chi connectivity index (χ0) is 10.7. The highest BCUT2D eigenvalue weighted by Gasteiger charge is 2.13. The Morgan fingerprint density at radius 3 is 2.36 bits per heavy atom. The van der Waals surface area contributed by atoms with Crippen LogP contribution in [-0.4, -0.2) is 11.2 Å². The van der Waals surface area contributed by atoms with E-state index in [-0.39, 0.29) is 18.4 Å². The summed E-state index contributed by atoms with van der Waals surface area (Å²) in [5.41, 5.74) is -0.300. The molecule has 0 aliphatic carbocycles. The van der Waals surface area contributed by atoms with E-state index in [1.807, 2.05) is 0 Å². The molecular formula is C10H11F3O. The van der Waals surface area contributed by atoms with Gasteiger partial charge in [0.25, 0.3) is 0 Å². The Balaban J connectivity index is 2.89. The predicted molar refractivity (Wildman–Crippen MR) is 46.3 cm³/mol. The maximum Gasteiger partial charge on any atom is 0.164 e. The average Bonchev–Trinajstić information content (AvgIpc) is 2.11. The van der Waals surface area contributed by atoms with Crippen molar-refractivity contribution < 1.29 is 18.3 Å². The quantitative estimate of drug-likeness (QED) is 0.749. The highest BCUT2D eigenvalue weighted by Crippen LogP contribution is 2.17. The fourth-order valence-electron chi connectivity index (χ4n) is 1.15. The molecule has 0 spiro atoms. The molecule has 1 aromatic rings. The van der Waals surface area contributed by atoms with E-state index in [0.29, 0.717) is 0 Å². The largest absolute Gasteiger partial charge is 0.393 e. The van der Waals surface area contributed by atoms with Crippen molar-refractivity contribution in [1.82, 2.24) is 0 Å². The second kappa shape index (κ2) is 4.46. The molecular weight excluding hydrogens is 193 g/mol. The van der Waals surface area contributed by atoms with E-state index >= 15 is 0 Å². The lowest BCUT2D eigenvalue weighted by molar-refractivity contribution is 0.184. The Kier molecular flexibility index (Phi) is 3.52. The Morgan fingerprint density at radius 1 is 1.21 bits per heavy atom. The third kappa shape index (κ3) is 2.48. The number of benzene rings is 1. The standard InChI is InChI=1S/C10H11F3O/c1-6(14)2-3-7-8(11)4-5-9(12)10(7)13/h4-6,14H,2-3H2,1H3. The van der Waals surface area contributed by atoms with Gasteiger partial charge < -0.3 is 5.11 Å². The minimum Gasteiger partial charge on any atom is -0.393 e. The molecule has 1 N–H and O–H groups in total. The number of rotatable bonds is 3. The normalized spacial score (nSPS) is 12.9. The van der Waals surface area contributed by atoms with E-state index in [1.165, 1.54) is 6.92 Å². The van der Waals surface area contributed by atoms with Gasteiger partial charge in [0.1, 0.15) is 5.82 Å². The van der Waals surface area contributed by atoms with Crippen molar-refractivity contribution in [1.29, 1.82) is 0 Å². The summed E-state index contributed by atoms with van der Waals surface area (Å²) in [6.07, 6.45) is -0.457. The van der Waals surface area contributed by atoms with Crippen LogP contribution in [-0.2, 0) is 6.42 Å². The van der Waals surface area contributed by atoms with Crippen molar-refractivity contribution in [2.45, 2.75) is 25.9 Å². The van der Waals surface area contributed by atoms with Crippen molar-refractivity contribution in [2.75, 3.05) is 0 Å². The molecule has 0 heterocycles. The van der Waals surface area contributed by atoms with Gasteiger partial charge in [-0.1, -0.05) is 0 Å². The first-order chi connectivity index (χ1) is 6.52. The second-order valence-corrected chi connectivity index (χ2v) is 3.21. The highest BCUT2D eigenvalue weighted by atomic mass is 19.2. The fourth-order valence-corrected chi connectivity index (χ4v) is 1.15. The lowest BCUT2D eigenvalue weighted by Crippen LogP contribution is -2.05. The van der Waals surface area contributed by atoms with Crippen LogP contribution in [0.15, 0.2) is 12.1 Å². The van der Waals surface area contributed by atoms with Crippen LogP contribution in [0.5, 0.6) is 0 Å². The van der Waals surface area contributed by atoms with E-state index in [9.17, 15) is 13.2 Å². The summed E-state index contributed by atoms with van der Waals surface area (Å²) >= 11 is 0. The summed E-state index contributed by atoms with van der Waals surface area (Å²) in [4.78, 5) is 0. The molecule has 14 heavy (non-hydrogen) atoms.